The highest BCUT2D eigenvalue weighted by Crippen LogP contribution is 2.40. The fraction of sp³-hybridized carbons (Fsp3) is 0.316. The molecule has 2 aliphatic heterocycles. The Morgan fingerprint density at radius 3 is 2.51 bits per heavy atom. The molecule has 3 aromatic heterocycles. The summed E-state index contributed by atoms with van der Waals surface area (Å²) >= 11 is 0. The maximum absolute atomic E-state index is 13.7. The van der Waals surface area contributed by atoms with Gasteiger partial charge in [0.05, 0.1) is 24.1 Å². The van der Waals surface area contributed by atoms with Gasteiger partial charge < -0.3 is 15.3 Å². The number of carbonyl (C=O) groups excluding carboxylic acids is 2. The number of pyridine rings is 1. The standard InChI is InChI=1S/C38H38N8O3/c47-24-38(37(49)42-30-8-9-32-31(21-30)35(44-43-32)29-10-16-39-33(20-29)27-4-5-27)13-19-45(23-38)22-34(48)46-17-11-26(12-18-46)25-2-6-28(7-3-25)36-40-14-1-15-41-36/h1-3,6-11,14-16,20-21,27,47H,4-5,12-13,17-19,22-24H2,(H,42,49)(H,43,44)/t38-/m1/s1. The quantitative estimate of drug-likeness (QED) is 0.204. The van der Waals surface area contributed by atoms with E-state index in [0.717, 1.165) is 45.4 Å². The molecule has 3 aliphatic rings. The average molecular weight is 655 g/mol. The van der Waals surface area contributed by atoms with Crippen LogP contribution in [0.3, 0.4) is 0 Å². The summed E-state index contributed by atoms with van der Waals surface area (Å²) in [5, 5.41) is 22.1. The van der Waals surface area contributed by atoms with Crippen LogP contribution in [0.5, 0.6) is 0 Å². The highest BCUT2D eigenvalue weighted by molar-refractivity contribution is 6.00. The summed E-state index contributed by atoms with van der Waals surface area (Å²) in [6, 6.07) is 19.8. The van der Waals surface area contributed by atoms with Gasteiger partial charge in [-0.15, -0.1) is 0 Å². The van der Waals surface area contributed by atoms with Gasteiger partial charge in [0.1, 0.15) is 5.69 Å². The first-order valence-electron chi connectivity index (χ1n) is 16.9. The zero-order valence-electron chi connectivity index (χ0n) is 27.2. The number of likely N-dealkylation sites (tertiary alicyclic amines) is 1. The summed E-state index contributed by atoms with van der Waals surface area (Å²) < 4.78 is 0. The van der Waals surface area contributed by atoms with Crippen molar-refractivity contribution in [1.82, 2.24) is 34.9 Å². The summed E-state index contributed by atoms with van der Waals surface area (Å²) in [5.74, 6) is 1.01. The number of benzene rings is 2. The molecular formula is C38H38N8O3. The van der Waals surface area contributed by atoms with Crippen LogP contribution < -0.4 is 5.32 Å². The topological polar surface area (TPSA) is 140 Å². The largest absolute Gasteiger partial charge is 0.395 e. The van der Waals surface area contributed by atoms with E-state index in [4.69, 9.17) is 0 Å². The van der Waals surface area contributed by atoms with E-state index in [9.17, 15) is 14.7 Å². The summed E-state index contributed by atoms with van der Waals surface area (Å²) in [6.45, 7) is 1.96. The summed E-state index contributed by atoms with van der Waals surface area (Å²) in [4.78, 5) is 44.0. The molecule has 1 saturated heterocycles. The van der Waals surface area contributed by atoms with E-state index < -0.39 is 5.41 Å². The van der Waals surface area contributed by atoms with Gasteiger partial charge >= 0.3 is 0 Å². The predicted molar refractivity (Wildman–Crippen MR) is 187 cm³/mol. The molecule has 1 saturated carbocycles. The molecule has 2 fully saturated rings. The maximum atomic E-state index is 13.7. The third-order valence-electron chi connectivity index (χ3n) is 10.1. The third kappa shape index (κ3) is 6.34. The molecule has 3 N–H and O–H groups in total. The molecule has 11 nitrogen and oxygen atoms in total. The first-order chi connectivity index (χ1) is 24.0. The minimum Gasteiger partial charge on any atom is -0.395 e. The van der Waals surface area contributed by atoms with Gasteiger partial charge in [-0.05, 0) is 79.8 Å². The van der Waals surface area contributed by atoms with Gasteiger partial charge in [0, 0.05) is 72.0 Å². The fourth-order valence-electron chi connectivity index (χ4n) is 6.98. The number of aliphatic hydroxyl groups excluding tert-OH is 1. The van der Waals surface area contributed by atoms with E-state index in [0.29, 0.717) is 50.0 Å². The molecule has 0 spiro atoms. The van der Waals surface area contributed by atoms with Gasteiger partial charge in [-0.1, -0.05) is 30.3 Å². The van der Waals surface area contributed by atoms with Crippen molar-refractivity contribution >= 4 is 34.0 Å². The number of carbonyl (C=O) groups is 2. The normalized spacial score (nSPS) is 19.6. The van der Waals surface area contributed by atoms with E-state index >= 15 is 0 Å². The van der Waals surface area contributed by atoms with Crippen molar-refractivity contribution in [2.75, 3.05) is 44.6 Å². The Morgan fingerprint density at radius 2 is 1.76 bits per heavy atom. The number of aromatic amines is 1. The molecule has 8 rings (SSSR count). The second-order valence-electron chi connectivity index (χ2n) is 13.4. The number of H-pyrrole nitrogens is 1. The molecule has 5 heterocycles. The van der Waals surface area contributed by atoms with Crippen LogP contribution in [-0.2, 0) is 9.59 Å². The summed E-state index contributed by atoms with van der Waals surface area (Å²) in [6.07, 6.45) is 11.0. The Kier molecular flexibility index (Phi) is 8.22. The highest BCUT2D eigenvalue weighted by atomic mass is 16.3. The average Bonchev–Trinajstić information content (AvgIpc) is 3.79. The number of fused-ring (bicyclic) bond motifs is 1. The Labute approximate surface area is 284 Å². The lowest BCUT2D eigenvalue weighted by Crippen LogP contribution is -2.45. The molecule has 1 aliphatic carbocycles. The number of rotatable bonds is 9. The zero-order valence-corrected chi connectivity index (χ0v) is 27.2. The van der Waals surface area contributed by atoms with Crippen LogP contribution in [0, 0.1) is 5.41 Å². The van der Waals surface area contributed by atoms with Gasteiger partial charge in [0.25, 0.3) is 0 Å². The van der Waals surface area contributed by atoms with Crippen LogP contribution in [-0.4, -0.2) is 91.2 Å². The Hall–Kier alpha value is -5.26. The number of amides is 2. The van der Waals surface area contributed by atoms with Crippen molar-refractivity contribution in [2.45, 2.75) is 31.6 Å². The van der Waals surface area contributed by atoms with Crippen molar-refractivity contribution < 1.29 is 14.7 Å². The van der Waals surface area contributed by atoms with Crippen LogP contribution in [0.2, 0.25) is 0 Å². The number of aliphatic hydroxyl groups is 1. The van der Waals surface area contributed by atoms with E-state index in [2.05, 4.69) is 54.7 Å². The van der Waals surface area contributed by atoms with E-state index in [1.165, 1.54) is 18.4 Å². The van der Waals surface area contributed by atoms with Crippen molar-refractivity contribution in [1.29, 1.82) is 0 Å². The minimum atomic E-state index is -0.995. The molecular weight excluding hydrogens is 616 g/mol. The number of anilines is 1. The van der Waals surface area contributed by atoms with Crippen molar-refractivity contribution in [3.8, 4) is 22.6 Å². The lowest BCUT2D eigenvalue weighted by Gasteiger charge is -2.29. The van der Waals surface area contributed by atoms with E-state index in [1.807, 2.05) is 52.4 Å². The molecule has 2 amide bonds. The smallest absolute Gasteiger partial charge is 0.237 e. The van der Waals surface area contributed by atoms with Gasteiger partial charge in [0.2, 0.25) is 11.8 Å². The number of hydrogen-bond donors (Lipinski definition) is 3. The van der Waals surface area contributed by atoms with Gasteiger partial charge in [-0.2, -0.15) is 5.10 Å². The fourth-order valence-corrected chi connectivity index (χ4v) is 6.98. The molecule has 0 unspecified atom stereocenters. The molecule has 5 aromatic rings. The number of nitrogens with one attached hydrogen (secondary N) is 2. The van der Waals surface area contributed by atoms with Crippen LogP contribution in [0.4, 0.5) is 5.69 Å². The lowest BCUT2D eigenvalue weighted by atomic mass is 9.87. The van der Waals surface area contributed by atoms with Crippen LogP contribution in [0.1, 0.15) is 42.9 Å². The first-order valence-corrected chi connectivity index (χ1v) is 16.9. The molecule has 1 atom stereocenters. The van der Waals surface area contributed by atoms with E-state index in [-0.39, 0.29) is 25.0 Å². The Balaban J connectivity index is 0.886. The second-order valence-corrected chi connectivity index (χ2v) is 13.4. The van der Waals surface area contributed by atoms with Crippen molar-refractivity contribution in [2.24, 2.45) is 5.41 Å². The highest BCUT2D eigenvalue weighted by Gasteiger charge is 2.45. The van der Waals surface area contributed by atoms with Crippen molar-refractivity contribution in [3.63, 3.8) is 0 Å². The molecule has 2 aromatic carbocycles. The monoisotopic (exact) mass is 654 g/mol. The van der Waals surface area contributed by atoms with Gasteiger partial charge in [0.15, 0.2) is 5.82 Å². The first kappa shape index (κ1) is 31.0. The zero-order chi connectivity index (χ0) is 33.4. The summed E-state index contributed by atoms with van der Waals surface area (Å²) in [7, 11) is 0. The van der Waals surface area contributed by atoms with Gasteiger partial charge in [-0.25, -0.2) is 9.97 Å². The molecule has 0 radical (unpaired) electrons. The summed E-state index contributed by atoms with van der Waals surface area (Å²) in [5.41, 5.74) is 6.72. The number of nitrogens with zero attached hydrogens (tertiary/aromatic N) is 6. The Bertz CT molecular complexity index is 2040. The van der Waals surface area contributed by atoms with Crippen LogP contribution in [0.15, 0.2) is 85.3 Å². The van der Waals surface area contributed by atoms with E-state index in [1.54, 1.807) is 18.5 Å². The van der Waals surface area contributed by atoms with Crippen LogP contribution in [0.25, 0.3) is 39.1 Å². The maximum Gasteiger partial charge on any atom is 0.237 e. The number of hydrogen-bond acceptors (Lipinski definition) is 8. The Morgan fingerprint density at radius 1 is 0.939 bits per heavy atom. The molecule has 0 bridgehead atoms. The predicted octanol–water partition coefficient (Wildman–Crippen LogP) is 4.90. The lowest BCUT2D eigenvalue weighted by molar-refractivity contribution is -0.133. The molecule has 49 heavy (non-hydrogen) atoms. The van der Waals surface area contributed by atoms with Gasteiger partial charge in [-0.3, -0.25) is 24.6 Å². The van der Waals surface area contributed by atoms with Crippen LogP contribution >= 0.6 is 0 Å². The second kappa shape index (κ2) is 13.0. The molecule has 248 valence electrons. The SMILES string of the molecule is O=C(CN1CC[C@@](CO)(C(=O)Nc2ccc3[nH]nc(-c4ccnc(C5CC5)c4)c3c2)C1)N1CC=C(c2ccc(-c3ncccn3)cc2)CC1. The van der Waals surface area contributed by atoms with Crippen molar-refractivity contribution in [3.05, 3.63) is 96.6 Å². The molecule has 11 heteroatoms. The number of aromatic nitrogens is 5. The third-order valence-corrected chi connectivity index (χ3v) is 10.1. The minimum absolute atomic E-state index is 0.0277.